The summed E-state index contributed by atoms with van der Waals surface area (Å²) in [5.41, 5.74) is -3.84. The van der Waals surface area contributed by atoms with Crippen LogP contribution in [0.1, 0.15) is 85.0 Å². The maximum absolute atomic E-state index is 15.4. The van der Waals surface area contributed by atoms with Gasteiger partial charge in [0.15, 0.2) is 6.17 Å². The molecule has 0 spiro atoms. The highest BCUT2D eigenvalue weighted by Gasteiger charge is 2.49. The van der Waals surface area contributed by atoms with E-state index in [4.69, 9.17) is 0 Å². The van der Waals surface area contributed by atoms with Gasteiger partial charge in [-0.05, 0) is 43.0 Å². The van der Waals surface area contributed by atoms with Crippen molar-refractivity contribution >= 4 is 13.2 Å². The molecule has 0 amide bonds. The fourth-order valence-corrected chi connectivity index (χ4v) is 6.90. The van der Waals surface area contributed by atoms with Crippen molar-refractivity contribution in [2.75, 3.05) is 6.16 Å². The normalized spacial score (nSPS) is 16.3. The first-order chi connectivity index (χ1) is 15.8. The average Bonchev–Trinajstić information content (AvgIpc) is 2.74. The third-order valence-corrected chi connectivity index (χ3v) is 9.22. The summed E-state index contributed by atoms with van der Waals surface area (Å²) in [7, 11) is -2.61. The first-order valence-electron chi connectivity index (χ1n) is 12.1. The molecule has 0 radical (unpaired) electrons. The summed E-state index contributed by atoms with van der Waals surface area (Å²) in [6, 6.07) is 2.46. The van der Waals surface area contributed by atoms with Gasteiger partial charge in [-0.25, -0.2) is 13.2 Å². The van der Waals surface area contributed by atoms with Gasteiger partial charge in [0, 0.05) is 25.7 Å². The van der Waals surface area contributed by atoms with Gasteiger partial charge in [0.25, 0.3) is 5.66 Å². The summed E-state index contributed by atoms with van der Waals surface area (Å²) in [5, 5.41) is -0.341. The van der Waals surface area contributed by atoms with Gasteiger partial charge in [-0.2, -0.15) is 22.0 Å². The summed E-state index contributed by atoms with van der Waals surface area (Å²) < 4.78 is 110. The Morgan fingerprint density at radius 2 is 1.53 bits per heavy atom. The van der Waals surface area contributed by atoms with Crippen molar-refractivity contribution < 1.29 is 35.1 Å². The molecule has 0 aliphatic carbocycles. The SMILES string of the molecule is CCCCC(CC)C(C)CP(c1ccc(F)cc1F)C(F)(F)C(F)CCCCCCC(F)(F)F. The number of halogens is 8. The molecular weight excluding hydrogens is 483 g/mol. The highest BCUT2D eigenvalue weighted by molar-refractivity contribution is 7.66. The van der Waals surface area contributed by atoms with E-state index in [0.29, 0.717) is 6.07 Å². The van der Waals surface area contributed by atoms with Crippen LogP contribution in [0.15, 0.2) is 18.2 Å². The van der Waals surface area contributed by atoms with Crippen molar-refractivity contribution in [1.82, 2.24) is 0 Å². The van der Waals surface area contributed by atoms with Crippen LogP contribution in [0.3, 0.4) is 0 Å². The number of unbranched alkanes of at least 4 members (excludes halogenated alkanes) is 4. The Labute approximate surface area is 199 Å². The van der Waals surface area contributed by atoms with Crippen LogP contribution in [0.2, 0.25) is 0 Å². The maximum atomic E-state index is 15.4. The Hall–Kier alpha value is -0.910. The lowest BCUT2D eigenvalue weighted by molar-refractivity contribution is -0.135. The highest BCUT2D eigenvalue weighted by Crippen LogP contribution is 2.57. The van der Waals surface area contributed by atoms with Crippen molar-refractivity contribution in [3.05, 3.63) is 29.8 Å². The molecule has 198 valence electrons. The molecule has 0 heterocycles. The van der Waals surface area contributed by atoms with Gasteiger partial charge in [0.1, 0.15) is 11.6 Å². The summed E-state index contributed by atoms with van der Waals surface area (Å²) >= 11 is 0. The summed E-state index contributed by atoms with van der Waals surface area (Å²) in [6.07, 6.45) is -4.60. The minimum Gasteiger partial charge on any atom is -0.240 e. The van der Waals surface area contributed by atoms with Crippen molar-refractivity contribution in [2.24, 2.45) is 11.8 Å². The Kier molecular flexibility index (Phi) is 13.4. The lowest BCUT2D eigenvalue weighted by atomic mass is 9.88. The van der Waals surface area contributed by atoms with Crippen molar-refractivity contribution in [3.63, 3.8) is 0 Å². The van der Waals surface area contributed by atoms with Crippen LogP contribution in [-0.4, -0.2) is 24.2 Å². The van der Waals surface area contributed by atoms with Crippen LogP contribution in [0.5, 0.6) is 0 Å². The highest BCUT2D eigenvalue weighted by atomic mass is 31.1. The van der Waals surface area contributed by atoms with Crippen molar-refractivity contribution in [1.29, 1.82) is 0 Å². The first kappa shape index (κ1) is 31.1. The second kappa shape index (κ2) is 14.6. The number of benzene rings is 1. The van der Waals surface area contributed by atoms with Gasteiger partial charge >= 0.3 is 6.18 Å². The third kappa shape index (κ3) is 10.4. The Morgan fingerprint density at radius 1 is 0.882 bits per heavy atom. The van der Waals surface area contributed by atoms with E-state index in [-0.39, 0.29) is 49.0 Å². The summed E-state index contributed by atoms with van der Waals surface area (Å²) in [4.78, 5) is 0. The number of alkyl halides is 6. The number of rotatable bonds is 16. The molecule has 0 saturated carbocycles. The van der Waals surface area contributed by atoms with E-state index < -0.39 is 50.4 Å². The first-order valence-corrected chi connectivity index (χ1v) is 13.7. The molecule has 0 aliphatic rings. The molecule has 0 N–H and O–H groups in total. The molecule has 9 heteroatoms. The van der Waals surface area contributed by atoms with E-state index in [2.05, 4.69) is 0 Å². The fourth-order valence-electron chi connectivity index (χ4n) is 4.22. The molecule has 1 aromatic carbocycles. The van der Waals surface area contributed by atoms with E-state index in [9.17, 15) is 26.3 Å². The third-order valence-electron chi connectivity index (χ3n) is 6.33. The largest absolute Gasteiger partial charge is 0.389 e. The van der Waals surface area contributed by atoms with Gasteiger partial charge in [-0.1, -0.05) is 65.7 Å². The minimum atomic E-state index is -4.27. The van der Waals surface area contributed by atoms with Crippen LogP contribution in [-0.2, 0) is 0 Å². The van der Waals surface area contributed by atoms with Gasteiger partial charge in [-0.3, -0.25) is 0 Å². The van der Waals surface area contributed by atoms with Gasteiger partial charge < -0.3 is 0 Å². The molecule has 0 aliphatic heterocycles. The maximum Gasteiger partial charge on any atom is 0.389 e. The lowest BCUT2D eigenvalue weighted by Crippen LogP contribution is -2.35. The quantitative estimate of drug-likeness (QED) is 0.116. The Bertz CT molecular complexity index is 707. The van der Waals surface area contributed by atoms with Gasteiger partial charge in [-0.15, -0.1) is 0 Å². The van der Waals surface area contributed by atoms with Gasteiger partial charge in [0.05, 0.1) is 0 Å². The monoisotopic (exact) mass is 520 g/mol. The van der Waals surface area contributed by atoms with Crippen LogP contribution in [0, 0.1) is 23.5 Å². The molecule has 0 saturated heterocycles. The molecule has 0 bridgehead atoms. The van der Waals surface area contributed by atoms with E-state index in [1.54, 1.807) is 0 Å². The van der Waals surface area contributed by atoms with E-state index in [1.165, 1.54) is 0 Å². The lowest BCUT2D eigenvalue weighted by Gasteiger charge is -2.34. The van der Waals surface area contributed by atoms with Crippen LogP contribution < -0.4 is 5.30 Å². The molecule has 0 aromatic heterocycles. The molecule has 4 unspecified atom stereocenters. The Balaban J connectivity index is 2.96. The van der Waals surface area contributed by atoms with Gasteiger partial charge in [0.2, 0.25) is 0 Å². The molecule has 1 rings (SSSR count). The van der Waals surface area contributed by atoms with Crippen molar-refractivity contribution in [2.45, 2.75) is 103 Å². The Morgan fingerprint density at radius 3 is 2.09 bits per heavy atom. The van der Waals surface area contributed by atoms with Crippen molar-refractivity contribution in [3.8, 4) is 0 Å². The second-order valence-electron chi connectivity index (χ2n) is 9.12. The molecule has 0 nitrogen and oxygen atoms in total. The average molecular weight is 521 g/mol. The smallest absolute Gasteiger partial charge is 0.240 e. The van der Waals surface area contributed by atoms with Crippen LogP contribution in [0.4, 0.5) is 35.1 Å². The number of hydrogen-bond donors (Lipinski definition) is 0. The zero-order valence-electron chi connectivity index (χ0n) is 20.2. The standard InChI is InChI=1S/C25H37F8P/c1-4-6-11-19(5-2)18(3)17-34(22-14-13-20(26)16-21(22)27)25(32,33)23(28)12-9-7-8-10-15-24(29,30)31/h13-14,16,18-19,23H,4-12,15,17H2,1-3H3. The zero-order valence-corrected chi connectivity index (χ0v) is 21.1. The van der Waals surface area contributed by atoms with E-state index >= 15 is 8.78 Å². The zero-order chi connectivity index (χ0) is 25.9. The predicted octanol–water partition coefficient (Wildman–Crippen LogP) is 9.76. The molecule has 34 heavy (non-hydrogen) atoms. The van der Waals surface area contributed by atoms with Crippen LogP contribution in [0.25, 0.3) is 0 Å². The van der Waals surface area contributed by atoms with E-state index in [0.717, 1.165) is 37.8 Å². The number of hydrogen-bond acceptors (Lipinski definition) is 0. The van der Waals surface area contributed by atoms with E-state index in [1.807, 2.05) is 20.8 Å². The fraction of sp³-hybridized carbons (Fsp3) is 0.760. The summed E-state index contributed by atoms with van der Waals surface area (Å²) in [5.74, 6) is -2.06. The minimum absolute atomic E-state index is 0.0212. The predicted molar refractivity (Wildman–Crippen MR) is 124 cm³/mol. The molecule has 1 aromatic rings. The topological polar surface area (TPSA) is 0 Å². The van der Waals surface area contributed by atoms with Crippen LogP contribution >= 0.6 is 7.92 Å². The molecule has 4 atom stereocenters. The molecular formula is C25H37F8P. The molecule has 0 fully saturated rings. The summed E-state index contributed by atoms with van der Waals surface area (Å²) in [6.45, 7) is 5.82. The second-order valence-corrected chi connectivity index (χ2v) is 11.4.